The first-order chi connectivity index (χ1) is 7.89. The van der Waals surface area contributed by atoms with Crippen LogP contribution in [0, 0.1) is 0 Å². The van der Waals surface area contributed by atoms with Gasteiger partial charge < -0.3 is 10.4 Å². The lowest BCUT2D eigenvalue weighted by Crippen LogP contribution is -2.46. The molecule has 0 spiro atoms. The molecule has 1 aromatic rings. The highest BCUT2D eigenvalue weighted by Gasteiger charge is 2.21. The van der Waals surface area contributed by atoms with Crippen molar-refractivity contribution in [3.63, 3.8) is 0 Å². The first kappa shape index (κ1) is 13.4. The molecule has 1 heterocycles. The van der Waals surface area contributed by atoms with E-state index in [1.165, 1.54) is 16.8 Å². The van der Waals surface area contributed by atoms with E-state index in [-0.39, 0.29) is 17.9 Å². The Morgan fingerprint density at radius 1 is 1.53 bits per heavy atom. The van der Waals surface area contributed by atoms with Crippen LogP contribution in [0.25, 0.3) is 0 Å². The van der Waals surface area contributed by atoms with Gasteiger partial charge in [-0.25, -0.2) is 4.68 Å². The van der Waals surface area contributed by atoms with Crippen LogP contribution in [-0.2, 0) is 6.54 Å². The predicted octanol–water partition coefficient (Wildman–Crippen LogP) is -0.236. The summed E-state index contributed by atoms with van der Waals surface area (Å²) in [6.45, 7) is 5.39. The van der Waals surface area contributed by atoms with Gasteiger partial charge in [0.25, 0.3) is 11.5 Å². The van der Waals surface area contributed by atoms with Gasteiger partial charge in [-0.05, 0) is 26.8 Å². The van der Waals surface area contributed by atoms with Gasteiger partial charge in [0, 0.05) is 12.6 Å². The van der Waals surface area contributed by atoms with E-state index in [1.54, 1.807) is 20.8 Å². The maximum absolute atomic E-state index is 11.8. The van der Waals surface area contributed by atoms with E-state index >= 15 is 0 Å². The number of aromatic nitrogens is 2. The lowest BCUT2D eigenvalue weighted by Gasteiger charge is -2.23. The molecule has 1 rings (SSSR count). The normalized spacial score (nSPS) is 11.3. The minimum Gasteiger partial charge on any atom is -0.394 e. The highest BCUT2D eigenvalue weighted by molar-refractivity contribution is 5.92. The second kappa shape index (κ2) is 5.09. The Bertz CT molecular complexity index is 465. The molecule has 0 saturated heterocycles. The van der Waals surface area contributed by atoms with Gasteiger partial charge in [0.15, 0.2) is 0 Å². The third kappa shape index (κ3) is 3.39. The Kier molecular flexibility index (Phi) is 4.01. The summed E-state index contributed by atoms with van der Waals surface area (Å²) in [4.78, 5) is 23.1. The zero-order chi connectivity index (χ0) is 13.1. The van der Waals surface area contributed by atoms with Crippen LogP contribution >= 0.6 is 0 Å². The molecule has 94 valence electrons. The van der Waals surface area contributed by atoms with Crippen molar-refractivity contribution in [1.29, 1.82) is 0 Å². The Morgan fingerprint density at radius 3 is 2.71 bits per heavy atom. The van der Waals surface area contributed by atoms with Gasteiger partial charge in [0.05, 0.1) is 12.1 Å². The second-order valence-corrected chi connectivity index (χ2v) is 4.37. The van der Waals surface area contributed by atoms with E-state index in [4.69, 9.17) is 5.11 Å². The predicted molar refractivity (Wildman–Crippen MR) is 62.8 cm³/mol. The molecule has 0 fully saturated rings. The Labute approximate surface area is 99.3 Å². The number of carbonyl (C=O) groups excluding carboxylic acids is 1. The summed E-state index contributed by atoms with van der Waals surface area (Å²) in [5.41, 5.74) is -0.801. The van der Waals surface area contributed by atoms with Gasteiger partial charge in [0.2, 0.25) is 0 Å². The van der Waals surface area contributed by atoms with Crippen LogP contribution in [0.5, 0.6) is 0 Å². The summed E-state index contributed by atoms with van der Waals surface area (Å²) in [6.07, 6.45) is 0. The standard InChI is InChI=1S/C11H17N3O3/c1-4-14-9(16)6-5-8(13-14)10(17)12-11(2,3)7-15/h5-6,15H,4,7H2,1-3H3,(H,12,17). The summed E-state index contributed by atoms with van der Waals surface area (Å²) in [6, 6.07) is 2.68. The zero-order valence-electron chi connectivity index (χ0n) is 10.2. The van der Waals surface area contributed by atoms with Crippen LogP contribution in [0.3, 0.4) is 0 Å². The Balaban J connectivity index is 2.94. The van der Waals surface area contributed by atoms with Crippen LogP contribution in [0.15, 0.2) is 16.9 Å². The van der Waals surface area contributed by atoms with E-state index in [0.29, 0.717) is 6.54 Å². The summed E-state index contributed by atoms with van der Waals surface area (Å²) in [7, 11) is 0. The molecular weight excluding hydrogens is 222 g/mol. The van der Waals surface area contributed by atoms with Crippen molar-refractivity contribution >= 4 is 5.91 Å². The van der Waals surface area contributed by atoms with Crippen molar-refractivity contribution in [1.82, 2.24) is 15.1 Å². The smallest absolute Gasteiger partial charge is 0.272 e. The SMILES string of the molecule is CCn1nc(C(=O)NC(C)(C)CO)ccc1=O. The summed E-state index contributed by atoms with van der Waals surface area (Å²) in [5.74, 6) is -0.411. The number of aryl methyl sites for hydroxylation is 1. The van der Waals surface area contributed by atoms with Gasteiger partial charge in [-0.2, -0.15) is 5.10 Å². The molecule has 0 aliphatic carbocycles. The number of rotatable bonds is 4. The fourth-order valence-electron chi connectivity index (χ4n) is 1.21. The lowest BCUT2D eigenvalue weighted by molar-refractivity contribution is 0.0861. The molecule has 6 nitrogen and oxygen atoms in total. The van der Waals surface area contributed by atoms with Crippen molar-refractivity contribution < 1.29 is 9.90 Å². The quantitative estimate of drug-likeness (QED) is 0.759. The van der Waals surface area contributed by atoms with E-state index < -0.39 is 11.4 Å². The highest BCUT2D eigenvalue weighted by atomic mass is 16.3. The highest BCUT2D eigenvalue weighted by Crippen LogP contribution is 2.02. The van der Waals surface area contributed by atoms with Crippen molar-refractivity contribution in [3.8, 4) is 0 Å². The Morgan fingerprint density at radius 2 is 2.18 bits per heavy atom. The molecule has 0 atom stereocenters. The zero-order valence-corrected chi connectivity index (χ0v) is 10.2. The molecule has 1 aromatic heterocycles. The fraction of sp³-hybridized carbons (Fsp3) is 0.545. The van der Waals surface area contributed by atoms with Gasteiger partial charge in [-0.15, -0.1) is 0 Å². The van der Waals surface area contributed by atoms with E-state index in [0.717, 1.165) is 0 Å². The molecule has 0 bridgehead atoms. The lowest BCUT2D eigenvalue weighted by atomic mass is 10.1. The molecule has 0 aromatic carbocycles. The first-order valence-corrected chi connectivity index (χ1v) is 5.41. The number of carbonyl (C=O) groups is 1. The largest absolute Gasteiger partial charge is 0.394 e. The monoisotopic (exact) mass is 239 g/mol. The van der Waals surface area contributed by atoms with Crippen LogP contribution < -0.4 is 10.9 Å². The fourth-order valence-corrected chi connectivity index (χ4v) is 1.21. The van der Waals surface area contributed by atoms with Crippen LogP contribution in [0.2, 0.25) is 0 Å². The first-order valence-electron chi connectivity index (χ1n) is 5.41. The molecule has 1 amide bonds. The van der Waals surface area contributed by atoms with E-state index in [9.17, 15) is 9.59 Å². The van der Waals surface area contributed by atoms with Crippen molar-refractivity contribution in [2.24, 2.45) is 0 Å². The third-order valence-electron chi connectivity index (χ3n) is 2.25. The molecule has 0 aliphatic heterocycles. The molecule has 0 saturated carbocycles. The maximum Gasteiger partial charge on any atom is 0.272 e. The average Bonchev–Trinajstić information content (AvgIpc) is 2.29. The van der Waals surface area contributed by atoms with Gasteiger partial charge in [-0.1, -0.05) is 0 Å². The van der Waals surface area contributed by atoms with Crippen LogP contribution in [-0.4, -0.2) is 32.9 Å². The topological polar surface area (TPSA) is 84.2 Å². The summed E-state index contributed by atoms with van der Waals surface area (Å²) >= 11 is 0. The van der Waals surface area contributed by atoms with E-state index in [2.05, 4.69) is 10.4 Å². The number of hydrogen-bond donors (Lipinski definition) is 2. The number of amides is 1. The number of hydrogen-bond acceptors (Lipinski definition) is 4. The second-order valence-electron chi connectivity index (χ2n) is 4.37. The molecular formula is C11H17N3O3. The number of nitrogens with one attached hydrogen (secondary N) is 1. The van der Waals surface area contributed by atoms with Crippen molar-refractivity contribution in [2.45, 2.75) is 32.9 Å². The van der Waals surface area contributed by atoms with Gasteiger partial charge >= 0.3 is 0 Å². The average molecular weight is 239 g/mol. The molecule has 0 unspecified atom stereocenters. The number of nitrogens with zero attached hydrogens (tertiary/aromatic N) is 2. The molecule has 0 radical (unpaired) electrons. The maximum atomic E-state index is 11.8. The number of aliphatic hydroxyl groups is 1. The molecule has 6 heteroatoms. The summed E-state index contributed by atoms with van der Waals surface area (Å²) < 4.78 is 1.21. The summed E-state index contributed by atoms with van der Waals surface area (Å²) in [5, 5.41) is 15.6. The van der Waals surface area contributed by atoms with Crippen molar-refractivity contribution in [3.05, 3.63) is 28.2 Å². The van der Waals surface area contributed by atoms with Crippen LogP contribution in [0.4, 0.5) is 0 Å². The Hall–Kier alpha value is -1.69. The minimum atomic E-state index is -0.716. The van der Waals surface area contributed by atoms with Crippen LogP contribution in [0.1, 0.15) is 31.3 Å². The third-order valence-corrected chi connectivity index (χ3v) is 2.25. The van der Waals surface area contributed by atoms with Crippen molar-refractivity contribution in [2.75, 3.05) is 6.61 Å². The molecule has 2 N–H and O–H groups in total. The van der Waals surface area contributed by atoms with Gasteiger partial charge in [0.1, 0.15) is 5.69 Å². The number of aliphatic hydroxyl groups excluding tert-OH is 1. The molecule has 17 heavy (non-hydrogen) atoms. The minimum absolute atomic E-state index is 0.160. The van der Waals surface area contributed by atoms with E-state index in [1.807, 2.05) is 0 Å². The molecule has 0 aliphatic rings. The van der Waals surface area contributed by atoms with Gasteiger partial charge in [-0.3, -0.25) is 9.59 Å².